The van der Waals surface area contributed by atoms with Gasteiger partial charge in [0.05, 0.1) is 21.3 Å². The molecule has 0 aliphatic heterocycles. The molecule has 1 unspecified atom stereocenters. The van der Waals surface area contributed by atoms with Crippen LogP contribution in [0.15, 0.2) is 47.4 Å². The van der Waals surface area contributed by atoms with Gasteiger partial charge in [-0.1, -0.05) is 12.1 Å². The lowest BCUT2D eigenvalue weighted by Crippen LogP contribution is -2.27. The van der Waals surface area contributed by atoms with Crippen molar-refractivity contribution in [3.05, 3.63) is 48.0 Å². The van der Waals surface area contributed by atoms with Crippen LogP contribution in [0.5, 0.6) is 17.2 Å². The summed E-state index contributed by atoms with van der Waals surface area (Å²) in [5.74, 6) is 1.35. The highest BCUT2D eigenvalue weighted by atomic mass is 32.2. The Balaban J connectivity index is 2.33. The first kappa shape index (κ1) is 18.1. The molecule has 0 amide bonds. The number of nitrogens with one attached hydrogen (secondary N) is 1. The molecule has 1 atom stereocenters. The van der Waals surface area contributed by atoms with E-state index in [1.165, 1.54) is 20.3 Å². The number of hydrogen-bond acceptors (Lipinski definition) is 5. The summed E-state index contributed by atoms with van der Waals surface area (Å²) in [6.45, 7) is 1.76. The number of hydrogen-bond donors (Lipinski definition) is 1. The maximum absolute atomic E-state index is 12.7. The van der Waals surface area contributed by atoms with Crippen LogP contribution < -0.4 is 18.9 Å². The molecule has 24 heavy (non-hydrogen) atoms. The number of benzene rings is 2. The zero-order chi connectivity index (χ0) is 17.7. The molecule has 0 saturated heterocycles. The van der Waals surface area contributed by atoms with E-state index in [9.17, 15) is 8.42 Å². The van der Waals surface area contributed by atoms with Crippen molar-refractivity contribution in [2.45, 2.75) is 17.9 Å². The van der Waals surface area contributed by atoms with Crippen molar-refractivity contribution in [2.24, 2.45) is 0 Å². The predicted octanol–water partition coefficient (Wildman–Crippen LogP) is 2.75. The molecule has 1 N–H and O–H groups in total. The second kappa shape index (κ2) is 7.55. The van der Waals surface area contributed by atoms with Crippen molar-refractivity contribution in [1.29, 1.82) is 0 Å². The van der Waals surface area contributed by atoms with E-state index in [-0.39, 0.29) is 10.6 Å². The van der Waals surface area contributed by atoms with E-state index in [1.807, 2.05) is 12.1 Å². The Hall–Kier alpha value is -2.25. The highest BCUT2D eigenvalue weighted by Crippen LogP contribution is 2.29. The second-order valence-corrected chi connectivity index (χ2v) is 6.82. The van der Waals surface area contributed by atoms with Crippen LogP contribution in [-0.4, -0.2) is 29.7 Å². The van der Waals surface area contributed by atoms with E-state index in [4.69, 9.17) is 14.2 Å². The Morgan fingerprint density at radius 3 is 2.21 bits per heavy atom. The quantitative estimate of drug-likeness (QED) is 0.830. The van der Waals surface area contributed by atoms with Gasteiger partial charge in [0.15, 0.2) is 0 Å². The van der Waals surface area contributed by atoms with Crippen molar-refractivity contribution in [3.63, 3.8) is 0 Å². The summed E-state index contributed by atoms with van der Waals surface area (Å²) in [4.78, 5) is 0.0269. The molecule has 2 aromatic carbocycles. The van der Waals surface area contributed by atoms with E-state index in [1.54, 1.807) is 38.3 Å². The maximum Gasteiger partial charge on any atom is 0.244 e. The first-order valence-electron chi connectivity index (χ1n) is 7.29. The van der Waals surface area contributed by atoms with Crippen LogP contribution in [-0.2, 0) is 10.0 Å². The third-order valence-electron chi connectivity index (χ3n) is 3.59. The fourth-order valence-electron chi connectivity index (χ4n) is 2.27. The smallest absolute Gasteiger partial charge is 0.244 e. The van der Waals surface area contributed by atoms with E-state index < -0.39 is 16.1 Å². The molecule has 0 spiro atoms. The molecule has 0 radical (unpaired) electrons. The van der Waals surface area contributed by atoms with Gasteiger partial charge in [-0.25, -0.2) is 13.1 Å². The summed E-state index contributed by atoms with van der Waals surface area (Å²) in [6.07, 6.45) is 0. The molecular weight excluding hydrogens is 330 g/mol. The van der Waals surface area contributed by atoms with Gasteiger partial charge in [0.25, 0.3) is 0 Å². The first-order valence-corrected chi connectivity index (χ1v) is 8.78. The van der Waals surface area contributed by atoms with Crippen LogP contribution in [0.4, 0.5) is 0 Å². The number of rotatable bonds is 7. The predicted molar refractivity (Wildman–Crippen MR) is 91.3 cm³/mol. The Morgan fingerprint density at radius 1 is 0.917 bits per heavy atom. The molecule has 0 aliphatic carbocycles. The monoisotopic (exact) mass is 351 g/mol. The summed E-state index contributed by atoms with van der Waals surface area (Å²) in [5, 5.41) is 0. The second-order valence-electron chi connectivity index (χ2n) is 5.14. The van der Waals surface area contributed by atoms with E-state index >= 15 is 0 Å². The van der Waals surface area contributed by atoms with Crippen LogP contribution in [0.1, 0.15) is 18.5 Å². The third kappa shape index (κ3) is 3.98. The molecule has 0 aliphatic rings. The van der Waals surface area contributed by atoms with E-state index in [0.29, 0.717) is 11.5 Å². The van der Waals surface area contributed by atoms with Crippen molar-refractivity contribution >= 4 is 10.0 Å². The molecule has 7 heteroatoms. The minimum absolute atomic E-state index is 0.0269. The fourth-order valence-corrected chi connectivity index (χ4v) is 3.69. The van der Waals surface area contributed by atoms with Gasteiger partial charge in [0.1, 0.15) is 22.1 Å². The number of ether oxygens (including phenoxy) is 3. The molecule has 0 bridgehead atoms. The number of sulfonamides is 1. The zero-order valence-corrected chi connectivity index (χ0v) is 14.9. The number of methoxy groups -OCH3 is 3. The van der Waals surface area contributed by atoms with Gasteiger partial charge in [-0.2, -0.15) is 0 Å². The van der Waals surface area contributed by atoms with Gasteiger partial charge < -0.3 is 14.2 Å². The lowest BCUT2D eigenvalue weighted by molar-refractivity contribution is 0.391. The van der Waals surface area contributed by atoms with Gasteiger partial charge in [-0.3, -0.25) is 0 Å². The van der Waals surface area contributed by atoms with Crippen LogP contribution in [0.3, 0.4) is 0 Å². The van der Waals surface area contributed by atoms with Gasteiger partial charge in [-0.15, -0.1) is 0 Å². The molecule has 2 aromatic rings. The van der Waals surface area contributed by atoms with Crippen molar-refractivity contribution < 1.29 is 22.6 Å². The van der Waals surface area contributed by atoms with Crippen LogP contribution in [0, 0.1) is 0 Å². The van der Waals surface area contributed by atoms with Crippen molar-refractivity contribution in [2.75, 3.05) is 21.3 Å². The SMILES string of the molecule is COc1cccc(C(C)NS(=O)(=O)c2cc(OC)ccc2OC)c1. The molecule has 0 fully saturated rings. The van der Waals surface area contributed by atoms with Crippen LogP contribution in [0.2, 0.25) is 0 Å². The van der Waals surface area contributed by atoms with Crippen molar-refractivity contribution in [1.82, 2.24) is 4.72 Å². The lowest BCUT2D eigenvalue weighted by Gasteiger charge is -2.17. The molecule has 0 heterocycles. The molecule has 2 rings (SSSR count). The van der Waals surface area contributed by atoms with Crippen molar-refractivity contribution in [3.8, 4) is 17.2 Å². The molecular formula is C17H21NO5S. The minimum atomic E-state index is -3.80. The Morgan fingerprint density at radius 2 is 1.58 bits per heavy atom. The third-order valence-corrected chi connectivity index (χ3v) is 5.15. The minimum Gasteiger partial charge on any atom is -0.497 e. The molecule has 130 valence electrons. The van der Waals surface area contributed by atoms with Gasteiger partial charge >= 0.3 is 0 Å². The summed E-state index contributed by atoms with van der Waals surface area (Å²) < 4.78 is 43.6. The standard InChI is InChI=1S/C17H21NO5S/c1-12(13-6-5-7-14(10-13)21-2)18-24(19,20)17-11-15(22-3)8-9-16(17)23-4/h5-12,18H,1-4H3. The molecule has 0 saturated carbocycles. The summed E-state index contributed by atoms with van der Waals surface area (Å²) in [7, 11) is 0.666. The normalized spacial score (nSPS) is 12.5. The fraction of sp³-hybridized carbons (Fsp3) is 0.294. The lowest BCUT2D eigenvalue weighted by atomic mass is 10.1. The van der Waals surface area contributed by atoms with Gasteiger partial charge in [-0.05, 0) is 36.8 Å². The van der Waals surface area contributed by atoms with Crippen LogP contribution in [0.25, 0.3) is 0 Å². The van der Waals surface area contributed by atoms with E-state index in [2.05, 4.69) is 4.72 Å². The summed E-state index contributed by atoms with van der Waals surface area (Å²) in [5.41, 5.74) is 0.791. The average Bonchev–Trinajstić information content (AvgIpc) is 2.60. The van der Waals surface area contributed by atoms with E-state index in [0.717, 1.165) is 5.56 Å². The summed E-state index contributed by atoms with van der Waals surface area (Å²) >= 11 is 0. The van der Waals surface area contributed by atoms with Crippen LogP contribution >= 0.6 is 0 Å². The Labute approximate surface area is 142 Å². The largest absolute Gasteiger partial charge is 0.497 e. The topological polar surface area (TPSA) is 73.9 Å². The summed E-state index contributed by atoms with van der Waals surface area (Å²) in [6, 6.07) is 11.4. The Kier molecular flexibility index (Phi) is 5.69. The van der Waals surface area contributed by atoms with Gasteiger partial charge in [0.2, 0.25) is 10.0 Å². The first-order chi connectivity index (χ1) is 11.4. The Bertz CT molecular complexity index is 804. The highest BCUT2D eigenvalue weighted by molar-refractivity contribution is 7.89. The molecule has 6 nitrogen and oxygen atoms in total. The van der Waals surface area contributed by atoms with Gasteiger partial charge in [0, 0.05) is 12.1 Å². The average molecular weight is 351 g/mol. The molecule has 0 aromatic heterocycles. The maximum atomic E-state index is 12.7. The highest BCUT2D eigenvalue weighted by Gasteiger charge is 2.23. The zero-order valence-electron chi connectivity index (χ0n) is 14.1.